The fourth-order valence-electron chi connectivity index (χ4n) is 2.87. The first-order chi connectivity index (χ1) is 16.5. The number of hydrazone groups is 1. The maximum atomic E-state index is 12.7. The molecule has 34 heavy (non-hydrogen) atoms. The molecule has 0 unspecified atom stereocenters. The van der Waals surface area contributed by atoms with E-state index >= 15 is 0 Å². The summed E-state index contributed by atoms with van der Waals surface area (Å²) in [5, 5.41) is 8.97. The second-order valence-electron chi connectivity index (χ2n) is 6.88. The van der Waals surface area contributed by atoms with E-state index in [4.69, 9.17) is 9.47 Å². The van der Waals surface area contributed by atoms with Crippen LogP contribution < -0.4 is 25.5 Å². The van der Waals surface area contributed by atoms with Crippen LogP contribution in [0.4, 0.5) is 11.4 Å². The highest BCUT2D eigenvalue weighted by Gasteiger charge is 2.17. The number of carbonyl (C=O) groups excluding carboxylic acids is 3. The van der Waals surface area contributed by atoms with Crippen LogP contribution in [0.15, 0.2) is 77.9 Å². The minimum absolute atomic E-state index is 0.185. The molecule has 0 saturated heterocycles. The lowest BCUT2D eigenvalue weighted by atomic mass is 10.1. The second-order valence-corrected chi connectivity index (χ2v) is 6.88. The van der Waals surface area contributed by atoms with Crippen molar-refractivity contribution in [1.82, 2.24) is 5.43 Å². The van der Waals surface area contributed by atoms with Gasteiger partial charge < -0.3 is 20.1 Å². The minimum Gasteiger partial charge on any atom is -0.497 e. The fourth-order valence-corrected chi connectivity index (χ4v) is 2.87. The van der Waals surface area contributed by atoms with Crippen LogP contribution in [0.3, 0.4) is 0 Å². The van der Waals surface area contributed by atoms with Crippen LogP contribution in [-0.2, 0) is 9.59 Å². The van der Waals surface area contributed by atoms with E-state index in [1.54, 1.807) is 73.8 Å². The van der Waals surface area contributed by atoms with Crippen molar-refractivity contribution in [3.8, 4) is 11.5 Å². The Bertz CT molecular complexity index is 1170. The largest absolute Gasteiger partial charge is 0.497 e. The predicted octanol–water partition coefficient (Wildman–Crippen LogP) is 3.44. The summed E-state index contributed by atoms with van der Waals surface area (Å²) < 4.78 is 10.5. The van der Waals surface area contributed by atoms with Gasteiger partial charge in [-0.25, -0.2) is 5.43 Å². The van der Waals surface area contributed by atoms with E-state index in [0.717, 1.165) is 0 Å². The summed E-state index contributed by atoms with van der Waals surface area (Å²) in [5.41, 5.74) is 3.80. The molecule has 0 aromatic heterocycles. The van der Waals surface area contributed by atoms with E-state index in [-0.39, 0.29) is 11.3 Å². The first-order valence-corrected chi connectivity index (χ1v) is 10.4. The highest BCUT2D eigenvalue weighted by atomic mass is 16.5. The standard InChI is InChI=1S/C25H24N4O5/c1-3-34-20-14-10-18(11-15-20)27-23(30)21-6-4-5-7-22(21)28-24(31)25(32)29-26-16-17-8-12-19(33-2)13-9-17/h4-16H,3H2,1-2H3,(H,27,30)(H,28,31)(H,29,32)/b26-16-. The number of hydrogen-bond acceptors (Lipinski definition) is 6. The van der Waals surface area contributed by atoms with Crippen molar-refractivity contribution in [1.29, 1.82) is 0 Å². The molecular weight excluding hydrogens is 436 g/mol. The molecule has 0 bridgehead atoms. The van der Waals surface area contributed by atoms with E-state index in [2.05, 4.69) is 21.2 Å². The van der Waals surface area contributed by atoms with Gasteiger partial charge in [-0.1, -0.05) is 12.1 Å². The number of amides is 3. The van der Waals surface area contributed by atoms with Crippen molar-refractivity contribution < 1.29 is 23.9 Å². The van der Waals surface area contributed by atoms with Gasteiger partial charge in [-0.05, 0) is 73.2 Å². The monoisotopic (exact) mass is 460 g/mol. The van der Waals surface area contributed by atoms with Crippen molar-refractivity contribution in [2.45, 2.75) is 6.92 Å². The summed E-state index contributed by atoms with van der Waals surface area (Å²) in [6, 6.07) is 20.2. The normalized spacial score (nSPS) is 10.4. The fraction of sp³-hybridized carbons (Fsp3) is 0.120. The summed E-state index contributed by atoms with van der Waals surface area (Å²) in [7, 11) is 1.56. The Kier molecular flexibility index (Phi) is 8.34. The molecule has 174 valence electrons. The third kappa shape index (κ3) is 6.67. The van der Waals surface area contributed by atoms with Crippen molar-refractivity contribution in [2.75, 3.05) is 24.4 Å². The number of carbonyl (C=O) groups is 3. The predicted molar refractivity (Wildman–Crippen MR) is 129 cm³/mol. The summed E-state index contributed by atoms with van der Waals surface area (Å²) in [6.45, 7) is 2.42. The zero-order chi connectivity index (χ0) is 24.3. The molecule has 9 heteroatoms. The van der Waals surface area contributed by atoms with Crippen LogP contribution in [0.1, 0.15) is 22.8 Å². The Morgan fingerprint density at radius 2 is 1.53 bits per heavy atom. The van der Waals surface area contributed by atoms with E-state index in [1.165, 1.54) is 12.3 Å². The molecular formula is C25H24N4O5. The lowest BCUT2D eigenvalue weighted by Crippen LogP contribution is -2.33. The minimum atomic E-state index is -0.980. The number of nitrogens with one attached hydrogen (secondary N) is 3. The number of para-hydroxylation sites is 1. The number of rotatable bonds is 8. The number of anilines is 2. The molecule has 3 aromatic carbocycles. The lowest BCUT2D eigenvalue weighted by molar-refractivity contribution is -0.136. The van der Waals surface area contributed by atoms with Crippen LogP contribution in [0, 0.1) is 0 Å². The molecule has 3 aromatic rings. The topological polar surface area (TPSA) is 118 Å². The Labute approximate surface area is 196 Å². The molecule has 3 amide bonds. The molecule has 9 nitrogen and oxygen atoms in total. The van der Waals surface area contributed by atoms with E-state index < -0.39 is 17.7 Å². The van der Waals surface area contributed by atoms with Gasteiger partial charge in [-0.15, -0.1) is 0 Å². The summed E-state index contributed by atoms with van der Waals surface area (Å²) in [4.78, 5) is 37.2. The lowest BCUT2D eigenvalue weighted by Gasteiger charge is -2.11. The third-order valence-electron chi connectivity index (χ3n) is 4.54. The van der Waals surface area contributed by atoms with E-state index in [1.807, 2.05) is 6.92 Å². The molecule has 0 radical (unpaired) electrons. The number of ether oxygens (including phenoxy) is 2. The third-order valence-corrected chi connectivity index (χ3v) is 4.54. The Morgan fingerprint density at radius 1 is 0.853 bits per heavy atom. The van der Waals surface area contributed by atoms with E-state index in [0.29, 0.717) is 29.4 Å². The first-order valence-electron chi connectivity index (χ1n) is 10.4. The molecule has 0 aliphatic heterocycles. The molecule has 0 saturated carbocycles. The number of methoxy groups -OCH3 is 1. The van der Waals surface area contributed by atoms with Gasteiger partial charge in [-0.3, -0.25) is 14.4 Å². The SMILES string of the molecule is CCOc1ccc(NC(=O)c2ccccc2NC(=O)C(=O)N/N=C\c2ccc(OC)cc2)cc1. The Morgan fingerprint density at radius 3 is 2.21 bits per heavy atom. The maximum Gasteiger partial charge on any atom is 0.329 e. The molecule has 3 N–H and O–H groups in total. The summed E-state index contributed by atoms with van der Waals surface area (Å²) >= 11 is 0. The maximum absolute atomic E-state index is 12.7. The van der Waals surface area contributed by atoms with E-state index in [9.17, 15) is 14.4 Å². The summed E-state index contributed by atoms with van der Waals surface area (Å²) in [6.07, 6.45) is 1.39. The number of nitrogens with zero attached hydrogens (tertiary/aromatic N) is 1. The number of hydrogen-bond donors (Lipinski definition) is 3. The molecule has 0 fully saturated rings. The summed E-state index contributed by atoms with van der Waals surface area (Å²) in [5.74, 6) is -1.02. The van der Waals surface area contributed by atoms with Crippen molar-refractivity contribution in [2.24, 2.45) is 5.10 Å². The van der Waals surface area contributed by atoms with Crippen molar-refractivity contribution in [3.05, 3.63) is 83.9 Å². The first kappa shape index (κ1) is 24.0. The van der Waals surface area contributed by atoms with Gasteiger partial charge in [-0.2, -0.15) is 5.10 Å². The van der Waals surface area contributed by atoms with Gasteiger partial charge in [0.25, 0.3) is 5.91 Å². The molecule has 3 rings (SSSR count). The van der Waals surface area contributed by atoms with Gasteiger partial charge in [0, 0.05) is 5.69 Å². The average Bonchev–Trinajstić information content (AvgIpc) is 2.86. The van der Waals surface area contributed by atoms with Crippen LogP contribution in [0.2, 0.25) is 0 Å². The van der Waals surface area contributed by atoms with Gasteiger partial charge in [0.05, 0.1) is 31.2 Å². The smallest absolute Gasteiger partial charge is 0.329 e. The molecule has 0 aliphatic carbocycles. The van der Waals surface area contributed by atoms with Crippen LogP contribution in [0.5, 0.6) is 11.5 Å². The van der Waals surface area contributed by atoms with Crippen molar-refractivity contribution in [3.63, 3.8) is 0 Å². The van der Waals surface area contributed by atoms with Gasteiger partial charge in [0.1, 0.15) is 11.5 Å². The molecule has 0 atom stereocenters. The van der Waals surface area contributed by atoms with Gasteiger partial charge in [0.15, 0.2) is 0 Å². The highest BCUT2D eigenvalue weighted by Crippen LogP contribution is 2.20. The van der Waals surface area contributed by atoms with Crippen LogP contribution in [-0.4, -0.2) is 37.7 Å². The zero-order valence-corrected chi connectivity index (χ0v) is 18.7. The Balaban J connectivity index is 1.60. The average molecular weight is 460 g/mol. The van der Waals surface area contributed by atoms with Gasteiger partial charge in [0.2, 0.25) is 0 Å². The van der Waals surface area contributed by atoms with Gasteiger partial charge >= 0.3 is 11.8 Å². The Hall–Kier alpha value is -4.66. The highest BCUT2D eigenvalue weighted by molar-refractivity contribution is 6.40. The quantitative estimate of drug-likeness (QED) is 0.270. The van der Waals surface area contributed by atoms with Crippen LogP contribution in [0.25, 0.3) is 0 Å². The second kappa shape index (κ2) is 11.8. The van der Waals surface area contributed by atoms with Crippen molar-refractivity contribution >= 4 is 35.3 Å². The number of benzene rings is 3. The molecule has 0 aliphatic rings. The zero-order valence-electron chi connectivity index (χ0n) is 18.7. The van der Waals surface area contributed by atoms with Crippen LogP contribution >= 0.6 is 0 Å². The molecule has 0 spiro atoms. The molecule has 0 heterocycles.